The molecule has 0 bridgehead atoms. The van der Waals surface area contributed by atoms with E-state index in [-0.39, 0.29) is 0 Å². The van der Waals surface area contributed by atoms with Crippen molar-refractivity contribution in [1.82, 2.24) is 0 Å². The van der Waals surface area contributed by atoms with E-state index < -0.39 is 0 Å². The molecule has 1 N–H and O–H groups in total. The van der Waals surface area contributed by atoms with Crippen molar-refractivity contribution in [2.45, 2.75) is 6.92 Å². The van der Waals surface area contributed by atoms with Crippen LogP contribution >= 0.6 is 12.9 Å². The molecular formula is C11H10O3S. The van der Waals surface area contributed by atoms with Crippen molar-refractivity contribution in [3.05, 3.63) is 35.9 Å². The highest BCUT2D eigenvalue weighted by molar-refractivity contribution is 7.75. The predicted octanol–water partition coefficient (Wildman–Crippen LogP) is 3.22. The lowest BCUT2D eigenvalue weighted by molar-refractivity contribution is -0.136. The second kappa shape index (κ2) is 4.00. The molecule has 0 saturated heterocycles. The topological polar surface area (TPSA) is 38.7 Å². The van der Waals surface area contributed by atoms with Gasteiger partial charge in [0.25, 0.3) is 0 Å². The van der Waals surface area contributed by atoms with Crippen LogP contribution in [-0.4, -0.2) is 5.26 Å². The summed E-state index contributed by atoms with van der Waals surface area (Å²) in [6.45, 7) is 1.93. The summed E-state index contributed by atoms with van der Waals surface area (Å²) in [5.41, 5.74) is 0.960. The molecule has 4 heteroatoms. The minimum Gasteiger partial charge on any atom is -0.429 e. The Balaban J connectivity index is 2.78. The molecule has 2 aromatic rings. The van der Waals surface area contributed by atoms with Crippen LogP contribution < -0.4 is 9.07 Å². The molecule has 0 saturated carbocycles. The summed E-state index contributed by atoms with van der Waals surface area (Å²) in [4.78, 5) is 4.30. The molecule has 3 nitrogen and oxygen atoms in total. The number of aryl methyl sites for hydroxylation is 1. The first-order valence-electron chi connectivity index (χ1n) is 4.43. The maximum absolute atomic E-state index is 8.71. The molecule has 0 spiro atoms. The molecule has 0 aromatic heterocycles. The minimum absolute atomic E-state index is 0.432. The Morgan fingerprint density at radius 3 is 2.53 bits per heavy atom. The molecule has 0 radical (unpaired) electrons. The Hall–Kier alpha value is -1.39. The van der Waals surface area contributed by atoms with Crippen molar-refractivity contribution in [1.29, 1.82) is 0 Å². The van der Waals surface area contributed by atoms with Gasteiger partial charge in [-0.25, -0.2) is 5.26 Å². The number of benzene rings is 2. The summed E-state index contributed by atoms with van der Waals surface area (Å²) in [6, 6.07) is 9.04. The van der Waals surface area contributed by atoms with E-state index in [1.807, 2.05) is 25.1 Å². The minimum atomic E-state index is 0.432. The highest BCUT2D eigenvalue weighted by Gasteiger charge is 2.07. The second-order valence-electron chi connectivity index (χ2n) is 3.22. The van der Waals surface area contributed by atoms with E-state index in [1.165, 1.54) is 0 Å². The molecule has 0 unspecified atom stereocenters. The Labute approximate surface area is 92.8 Å². The Morgan fingerprint density at radius 2 is 1.87 bits per heavy atom. The summed E-state index contributed by atoms with van der Waals surface area (Å²) in [5.74, 6) is 1.13. The van der Waals surface area contributed by atoms with Crippen molar-refractivity contribution in [2.75, 3.05) is 0 Å². The fourth-order valence-corrected chi connectivity index (χ4v) is 1.84. The van der Waals surface area contributed by atoms with Gasteiger partial charge in [0.05, 0.1) is 0 Å². The highest BCUT2D eigenvalue weighted by atomic mass is 32.1. The van der Waals surface area contributed by atoms with Crippen LogP contribution in [0.25, 0.3) is 10.8 Å². The van der Waals surface area contributed by atoms with Crippen molar-refractivity contribution in [3.8, 4) is 11.5 Å². The van der Waals surface area contributed by atoms with Gasteiger partial charge in [-0.2, -0.15) is 0 Å². The van der Waals surface area contributed by atoms with Gasteiger partial charge in [-0.3, -0.25) is 0 Å². The van der Waals surface area contributed by atoms with Crippen LogP contribution in [0.4, 0.5) is 0 Å². The fraction of sp³-hybridized carbons (Fsp3) is 0.0909. The van der Waals surface area contributed by atoms with E-state index in [0.29, 0.717) is 11.5 Å². The van der Waals surface area contributed by atoms with Crippen molar-refractivity contribution >= 4 is 23.7 Å². The second-order valence-corrected chi connectivity index (χ2v) is 3.41. The predicted molar refractivity (Wildman–Crippen MR) is 61.6 cm³/mol. The smallest absolute Gasteiger partial charge is 0.172 e. The average Bonchev–Trinajstić information content (AvgIpc) is 2.29. The molecule has 0 aliphatic carbocycles. The van der Waals surface area contributed by atoms with Crippen LogP contribution in [0.2, 0.25) is 0 Å². The molecule has 2 rings (SSSR count). The van der Waals surface area contributed by atoms with Gasteiger partial charge in [0.2, 0.25) is 0 Å². The van der Waals surface area contributed by atoms with E-state index in [0.717, 1.165) is 16.3 Å². The fourth-order valence-electron chi connectivity index (χ4n) is 1.64. The van der Waals surface area contributed by atoms with Crippen molar-refractivity contribution in [3.63, 3.8) is 0 Å². The molecule has 0 atom stereocenters. The quantitative estimate of drug-likeness (QED) is 0.354. The van der Waals surface area contributed by atoms with E-state index in [1.54, 1.807) is 12.1 Å². The zero-order valence-corrected chi connectivity index (χ0v) is 8.99. The van der Waals surface area contributed by atoms with Gasteiger partial charge in [-0.1, -0.05) is 12.1 Å². The molecule has 15 heavy (non-hydrogen) atoms. The van der Waals surface area contributed by atoms with Crippen molar-refractivity contribution in [2.24, 2.45) is 0 Å². The van der Waals surface area contributed by atoms with E-state index >= 15 is 0 Å². The maximum atomic E-state index is 8.71. The van der Waals surface area contributed by atoms with Crippen LogP contribution in [0.5, 0.6) is 11.5 Å². The summed E-state index contributed by atoms with van der Waals surface area (Å²) >= 11 is 3.77. The Kier molecular flexibility index (Phi) is 2.70. The first-order valence-corrected chi connectivity index (χ1v) is 4.79. The number of hydrogen-bond acceptors (Lipinski definition) is 4. The summed E-state index contributed by atoms with van der Waals surface area (Å²) < 4.78 is 4.92. The molecule has 2 aromatic carbocycles. The van der Waals surface area contributed by atoms with Gasteiger partial charge in [-0.15, -0.1) is 0 Å². The largest absolute Gasteiger partial charge is 0.429 e. The van der Waals surface area contributed by atoms with Crippen LogP contribution in [0.3, 0.4) is 0 Å². The van der Waals surface area contributed by atoms with Gasteiger partial charge < -0.3 is 9.07 Å². The summed E-state index contributed by atoms with van der Waals surface area (Å²) in [5, 5.41) is 10.5. The zero-order chi connectivity index (χ0) is 10.8. The zero-order valence-electron chi connectivity index (χ0n) is 8.10. The number of fused-ring (bicyclic) bond motifs is 1. The highest BCUT2D eigenvalue weighted by Crippen LogP contribution is 2.32. The molecule has 78 valence electrons. The molecule has 0 aliphatic rings. The standard InChI is InChI=1S/C11H10O3S/c1-7-8-3-2-4-11(13-12)9(8)5-6-10(7)14-15/h2-6,12,15H,1H3. The third-order valence-electron chi connectivity index (χ3n) is 2.44. The van der Waals surface area contributed by atoms with Crippen LogP contribution in [0.15, 0.2) is 30.3 Å². The Bertz CT molecular complexity index is 496. The van der Waals surface area contributed by atoms with Gasteiger partial charge >= 0.3 is 0 Å². The van der Waals surface area contributed by atoms with E-state index in [4.69, 9.17) is 9.44 Å². The lowest BCUT2D eigenvalue weighted by atomic mass is 10.0. The molecule has 0 aliphatic heterocycles. The summed E-state index contributed by atoms with van der Waals surface area (Å²) in [6.07, 6.45) is 0. The van der Waals surface area contributed by atoms with E-state index in [9.17, 15) is 0 Å². The van der Waals surface area contributed by atoms with E-state index in [2.05, 4.69) is 17.8 Å². The van der Waals surface area contributed by atoms with Gasteiger partial charge in [0.1, 0.15) is 5.75 Å². The SMILES string of the molecule is Cc1c(OS)ccc2c(OO)cccc12. The lowest BCUT2D eigenvalue weighted by Crippen LogP contribution is -1.88. The number of hydrogen-bond donors (Lipinski definition) is 2. The lowest BCUT2D eigenvalue weighted by Gasteiger charge is -2.08. The van der Waals surface area contributed by atoms with Crippen LogP contribution in [0, 0.1) is 6.92 Å². The monoisotopic (exact) mass is 222 g/mol. The van der Waals surface area contributed by atoms with Crippen molar-refractivity contribution < 1.29 is 14.3 Å². The first-order chi connectivity index (χ1) is 7.27. The number of thiol groups is 1. The average molecular weight is 222 g/mol. The molecule has 0 amide bonds. The van der Waals surface area contributed by atoms with Crippen LogP contribution in [0.1, 0.15) is 5.56 Å². The molecule has 0 heterocycles. The normalized spacial score (nSPS) is 10.3. The molecular weight excluding hydrogens is 212 g/mol. The molecule has 0 fully saturated rings. The summed E-state index contributed by atoms with van der Waals surface area (Å²) in [7, 11) is 0. The Morgan fingerprint density at radius 1 is 1.07 bits per heavy atom. The van der Waals surface area contributed by atoms with Gasteiger partial charge in [-0.05, 0) is 30.5 Å². The first kappa shape index (κ1) is 10.1. The van der Waals surface area contributed by atoms with Crippen LogP contribution in [-0.2, 0) is 0 Å². The van der Waals surface area contributed by atoms with Gasteiger partial charge in [0.15, 0.2) is 5.75 Å². The maximum Gasteiger partial charge on any atom is 0.172 e. The third-order valence-corrected chi connectivity index (χ3v) is 2.63. The van der Waals surface area contributed by atoms with Gasteiger partial charge in [0, 0.05) is 23.9 Å². The third kappa shape index (κ3) is 1.62. The number of rotatable bonds is 2.